The van der Waals surface area contributed by atoms with Gasteiger partial charge in [-0.2, -0.15) is 0 Å². The van der Waals surface area contributed by atoms with Gasteiger partial charge in [-0.15, -0.1) is 0 Å². The Balaban J connectivity index is 1.62. The van der Waals surface area contributed by atoms with Crippen molar-refractivity contribution in [1.82, 2.24) is 25.2 Å². The minimum absolute atomic E-state index is 0.136. The SMILES string of the molecule is COC1(C(=O)NCc2ccncc2)CCN(C(=O)c2cnc(N)nc2C)CC1. The topological polar surface area (TPSA) is 123 Å². The summed E-state index contributed by atoms with van der Waals surface area (Å²) in [5.74, 6) is -0.206. The molecular weight excluding hydrogens is 360 g/mol. The number of pyridine rings is 1. The van der Waals surface area contributed by atoms with Crippen LogP contribution in [0.25, 0.3) is 0 Å². The van der Waals surface area contributed by atoms with Crippen LogP contribution in [0.4, 0.5) is 5.95 Å². The van der Waals surface area contributed by atoms with E-state index >= 15 is 0 Å². The Kier molecular flexibility index (Phi) is 5.84. The lowest BCUT2D eigenvalue weighted by Crippen LogP contribution is -2.55. The number of piperidine rings is 1. The molecule has 0 radical (unpaired) electrons. The second-order valence-corrected chi connectivity index (χ2v) is 6.76. The first-order valence-electron chi connectivity index (χ1n) is 9.06. The number of aryl methyl sites for hydroxylation is 1. The second kappa shape index (κ2) is 8.30. The summed E-state index contributed by atoms with van der Waals surface area (Å²) in [6, 6.07) is 3.69. The van der Waals surface area contributed by atoms with Gasteiger partial charge in [0.1, 0.15) is 5.60 Å². The summed E-state index contributed by atoms with van der Waals surface area (Å²) in [4.78, 5) is 39.1. The van der Waals surface area contributed by atoms with E-state index < -0.39 is 5.60 Å². The van der Waals surface area contributed by atoms with Gasteiger partial charge < -0.3 is 20.7 Å². The van der Waals surface area contributed by atoms with E-state index in [0.29, 0.717) is 43.7 Å². The smallest absolute Gasteiger partial charge is 0.257 e. The Morgan fingerprint density at radius 3 is 2.57 bits per heavy atom. The molecule has 1 fully saturated rings. The molecule has 0 aliphatic carbocycles. The highest BCUT2D eigenvalue weighted by Gasteiger charge is 2.42. The maximum Gasteiger partial charge on any atom is 0.257 e. The molecule has 0 unspecified atom stereocenters. The minimum Gasteiger partial charge on any atom is -0.368 e. The maximum absolute atomic E-state index is 12.8. The van der Waals surface area contributed by atoms with Crippen LogP contribution in [0.2, 0.25) is 0 Å². The number of hydrogen-bond donors (Lipinski definition) is 2. The van der Waals surface area contributed by atoms with Crippen LogP contribution < -0.4 is 11.1 Å². The van der Waals surface area contributed by atoms with Crippen LogP contribution in [-0.4, -0.2) is 57.5 Å². The molecule has 3 heterocycles. The van der Waals surface area contributed by atoms with E-state index in [9.17, 15) is 9.59 Å². The predicted octanol–water partition coefficient (Wildman–Crippen LogP) is 0.700. The number of likely N-dealkylation sites (tertiary alicyclic amines) is 1. The summed E-state index contributed by atoms with van der Waals surface area (Å²) in [6.07, 6.45) is 5.62. The van der Waals surface area contributed by atoms with Crippen molar-refractivity contribution in [1.29, 1.82) is 0 Å². The number of rotatable bonds is 5. The first-order chi connectivity index (χ1) is 13.4. The summed E-state index contributed by atoms with van der Waals surface area (Å²) in [5, 5.41) is 2.92. The van der Waals surface area contributed by atoms with Gasteiger partial charge in [0.05, 0.1) is 11.3 Å². The average Bonchev–Trinajstić information content (AvgIpc) is 2.72. The van der Waals surface area contributed by atoms with E-state index in [2.05, 4.69) is 20.3 Å². The minimum atomic E-state index is -0.948. The van der Waals surface area contributed by atoms with E-state index in [1.165, 1.54) is 13.3 Å². The average molecular weight is 384 g/mol. The maximum atomic E-state index is 12.8. The molecule has 3 rings (SSSR count). The van der Waals surface area contributed by atoms with E-state index in [0.717, 1.165) is 5.56 Å². The summed E-state index contributed by atoms with van der Waals surface area (Å²) >= 11 is 0. The highest BCUT2D eigenvalue weighted by atomic mass is 16.5. The molecule has 0 atom stereocenters. The number of methoxy groups -OCH3 is 1. The summed E-state index contributed by atoms with van der Waals surface area (Å²) in [7, 11) is 1.53. The number of amides is 2. The zero-order valence-electron chi connectivity index (χ0n) is 16.0. The largest absolute Gasteiger partial charge is 0.368 e. The van der Waals surface area contributed by atoms with Crippen molar-refractivity contribution in [2.45, 2.75) is 31.9 Å². The molecule has 0 saturated carbocycles. The molecule has 0 spiro atoms. The number of carbonyl (C=O) groups excluding carboxylic acids is 2. The third-order valence-electron chi connectivity index (χ3n) is 5.09. The van der Waals surface area contributed by atoms with Crippen molar-refractivity contribution >= 4 is 17.8 Å². The lowest BCUT2D eigenvalue weighted by Gasteiger charge is -2.39. The van der Waals surface area contributed by atoms with Gasteiger partial charge in [-0.1, -0.05) is 0 Å². The van der Waals surface area contributed by atoms with Crippen LogP contribution in [0.15, 0.2) is 30.7 Å². The molecule has 2 aromatic heterocycles. The van der Waals surface area contributed by atoms with E-state index in [-0.39, 0.29) is 17.8 Å². The molecular formula is C19H24N6O3. The number of carbonyl (C=O) groups is 2. The highest BCUT2D eigenvalue weighted by molar-refractivity contribution is 5.95. The van der Waals surface area contributed by atoms with E-state index in [4.69, 9.17) is 10.5 Å². The molecule has 1 aliphatic rings. The number of nitrogens with zero attached hydrogens (tertiary/aromatic N) is 4. The zero-order chi connectivity index (χ0) is 20.1. The van der Waals surface area contributed by atoms with Crippen molar-refractivity contribution in [3.05, 3.63) is 47.5 Å². The van der Waals surface area contributed by atoms with Gasteiger partial charge in [0.25, 0.3) is 11.8 Å². The summed E-state index contributed by atoms with van der Waals surface area (Å²) in [5.41, 5.74) is 6.52. The first kappa shape index (κ1) is 19.7. The fraction of sp³-hybridized carbons (Fsp3) is 0.421. The third-order valence-corrected chi connectivity index (χ3v) is 5.09. The molecule has 2 amide bonds. The molecule has 2 aromatic rings. The van der Waals surface area contributed by atoms with Crippen LogP contribution in [0, 0.1) is 6.92 Å². The number of nitrogens with one attached hydrogen (secondary N) is 1. The van der Waals surface area contributed by atoms with Gasteiger partial charge in [0.2, 0.25) is 5.95 Å². The Labute approximate surface area is 163 Å². The zero-order valence-corrected chi connectivity index (χ0v) is 16.0. The van der Waals surface area contributed by atoms with Crippen LogP contribution >= 0.6 is 0 Å². The molecule has 1 saturated heterocycles. The van der Waals surface area contributed by atoms with Gasteiger partial charge in [-0.25, -0.2) is 9.97 Å². The highest BCUT2D eigenvalue weighted by Crippen LogP contribution is 2.27. The van der Waals surface area contributed by atoms with Crippen molar-refractivity contribution in [3.63, 3.8) is 0 Å². The number of aromatic nitrogens is 3. The lowest BCUT2D eigenvalue weighted by atomic mass is 9.89. The molecule has 1 aliphatic heterocycles. The number of ether oxygens (including phenoxy) is 1. The number of anilines is 1. The molecule has 28 heavy (non-hydrogen) atoms. The molecule has 0 aromatic carbocycles. The number of nitrogens with two attached hydrogens (primary N) is 1. The van der Waals surface area contributed by atoms with Crippen LogP contribution in [0.3, 0.4) is 0 Å². The Morgan fingerprint density at radius 2 is 1.96 bits per heavy atom. The van der Waals surface area contributed by atoms with Crippen LogP contribution in [0.5, 0.6) is 0 Å². The third kappa shape index (κ3) is 4.09. The Bertz CT molecular complexity index is 850. The standard InChI is InChI=1S/C19H24N6O3/c1-13-15(12-23-18(20)24-13)16(26)25-9-5-19(28-2,6-10-25)17(27)22-11-14-3-7-21-8-4-14/h3-4,7-8,12H,5-6,9-11H2,1-2H3,(H,22,27)(H2,20,23,24). The normalized spacial score (nSPS) is 15.9. The Hall–Kier alpha value is -3.07. The predicted molar refractivity (Wildman–Crippen MR) is 102 cm³/mol. The first-order valence-corrected chi connectivity index (χ1v) is 9.06. The quantitative estimate of drug-likeness (QED) is 0.778. The fourth-order valence-corrected chi connectivity index (χ4v) is 3.30. The molecule has 0 bridgehead atoms. The number of nitrogen functional groups attached to an aromatic ring is 1. The van der Waals surface area contributed by atoms with Gasteiger partial charge in [0.15, 0.2) is 0 Å². The van der Waals surface area contributed by atoms with Crippen molar-refractivity contribution in [3.8, 4) is 0 Å². The molecule has 148 valence electrons. The van der Waals surface area contributed by atoms with Crippen molar-refractivity contribution < 1.29 is 14.3 Å². The fourth-order valence-electron chi connectivity index (χ4n) is 3.30. The van der Waals surface area contributed by atoms with E-state index in [1.54, 1.807) is 24.2 Å². The molecule has 9 heteroatoms. The molecule has 3 N–H and O–H groups in total. The Morgan fingerprint density at radius 1 is 1.29 bits per heavy atom. The van der Waals surface area contributed by atoms with Crippen molar-refractivity contribution in [2.75, 3.05) is 25.9 Å². The van der Waals surface area contributed by atoms with Gasteiger partial charge in [-0.05, 0) is 24.6 Å². The summed E-state index contributed by atoms with van der Waals surface area (Å²) < 4.78 is 5.60. The van der Waals surface area contributed by atoms with Gasteiger partial charge >= 0.3 is 0 Å². The van der Waals surface area contributed by atoms with Gasteiger partial charge in [0, 0.05) is 58.2 Å². The van der Waals surface area contributed by atoms with Crippen molar-refractivity contribution in [2.24, 2.45) is 0 Å². The number of hydrogen-bond acceptors (Lipinski definition) is 7. The van der Waals surface area contributed by atoms with Gasteiger partial charge in [-0.3, -0.25) is 14.6 Å². The summed E-state index contributed by atoms with van der Waals surface area (Å²) in [6.45, 7) is 2.93. The molecule has 9 nitrogen and oxygen atoms in total. The second-order valence-electron chi connectivity index (χ2n) is 6.76. The monoisotopic (exact) mass is 384 g/mol. The lowest BCUT2D eigenvalue weighted by molar-refractivity contribution is -0.149. The van der Waals surface area contributed by atoms with E-state index in [1.807, 2.05) is 12.1 Å². The van der Waals surface area contributed by atoms with Crippen LogP contribution in [0.1, 0.15) is 34.5 Å². The van der Waals surface area contributed by atoms with Crippen LogP contribution in [-0.2, 0) is 16.1 Å².